The SMILES string of the molecule is CCNC(=O)[C@@H](NC(=O)[C@H](CC(C)C)C[C@H](O)[C@H](CC(C)C)NC(=O)[C@H](CCSC)NC(=O)[C@@H](NC(=O)OC(C)(C)C)C(C)C)C1CCOC1. The molecular weight excluding hydrogens is 662 g/mol. The summed E-state index contributed by atoms with van der Waals surface area (Å²) in [5.41, 5.74) is -0.750. The number of hydrogen-bond acceptors (Lipinski definition) is 9. The Balaban J connectivity index is 3.20. The maximum atomic E-state index is 13.8. The third-order valence-electron chi connectivity index (χ3n) is 8.40. The third-order valence-corrected chi connectivity index (χ3v) is 9.05. The van der Waals surface area contributed by atoms with Crippen LogP contribution >= 0.6 is 11.8 Å². The van der Waals surface area contributed by atoms with E-state index in [9.17, 15) is 29.1 Å². The highest BCUT2D eigenvalue weighted by molar-refractivity contribution is 7.98. The summed E-state index contributed by atoms with van der Waals surface area (Å²) in [6.07, 6.45) is 2.05. The van der Waals surface area contributed by atoms with Crippen molar-refractivity contribution in [2.24, 2.45) is 29.6 Å². The lowest BCUT2D eigenvalue weighted by Crippen LogP contribution is -2.58. The number of rotatable bonds is 21. The van der Waals surface area contributed by atoms with Crippen molar-refractivity contribution < 1.29 is 38.6 Å². The molecule has 0 aromatic carbocycles. The van der Waals surface area contributed by atoms with Crippen LogP contribution in [0.2, 0.25) is 0 Å². The van der Waals surface area contributed by atoms with Gasteiger partial charge in [0.1, 0.15) is 23.7 Å². The van der Waals surface area contributed by atoms with Crippen molar-refractivity contribution in [3.8, 4) is 0 Å². The Morgan fingerprint density at radius 3 is 2.00 bits per heavy atom. The lowest BCUT2D eigenvalue weighted by Gasteiger charge is -2.32. The van der Waals surface area contributed by atoms with Gasteiger partial charge in [-0.2, -0.15) is 11.8 Å². The largest absolute Gasteiger partial charge is 0.444 e. The number of carbonyl (C=O) groups is 5. The molecule has 1 fully saturated rings. The van der Waals surface area contributed by atoms with Gasteiger partial charge in [0.25, 0.3) is 0 Å². The number of nitrogens with one attached hydrogen (secondary N) is 5. The van der Waals surface area contributed by atoms with E-state index >= 15 is 0 Å². The van der Waals surface area contributed by atoms with Crippen LogP contribution < -0.4 is 26.6 Å². The van der Waals surface area contributed by atoms with Crippen molar-refractivity contribution in [3.05, 3.63) is 0 Å². The normalized spacial score (nSPS) is 18.5. The predicted molar refractivity (Wildman–Crippen MR) is 197 cm³/mol. The zero-order chi connectivity index (χ0) is 38.2. The van der Waals surface area contributed by atoms with E-state index < -0.39 is 59.7 Å². The predicted octanol–water partition coefficient (Wildman–Crippen LogP) is 3.38. The molecule has 0 spiro atoms. The van der Waals surface area contributed by atoms with Gasteiger partial charge in [-0.05, 0) is 89.6 Å². The van der Waals surface area contributed by atoms with Crippen LogP contribution in [0, 0.1) is 29.6 Å². The van der Waals surface area contributed by atoms with Crippen LogP contribution in [0.25, 0.3) is 0 Å². The molecule has 1 aliphatic heterocycles. The summed E-state index contributed by atoms with van der Waals surface area (Å²) in [7, 11) is 0. The van der Waals surface area contributed by atoms with Gasteiger partial charge in [-0.15, -0.1) is 0 Å². The number of alkyl carbamates (subject to hydrolysis) is 1. The third kappa shape index (κ3) is 17.1. The van der Waals surface area contributed by atoms with Gasteiger partial charge in [-0.25, -0.2) is 4.79 Å². The molecule has 6 N–H and O–H groups in total. The number of amides is 5. The second kappa shape index (κ2) is 22.4. The Morgan fingerprint density at radius 1 is 0.860 bits per heavy atom. The lowest BCUT2D eigenvalue weighted by atomic mass is 9.86. The fourth-order valence-electron chi connectivity index (χ4n) is 5.94. The highest BCUT2D eigenvalue weighted by Gasteiger charge is 2.37. The minimum Gasteiger partial charge on any atom is -0.444 e. The first-order valence-electron chi connectivity index (χ1n) is 18.2. The molecule has 0 saturated carbocycles. The molecule has 7 atom stereocenters. The topological polar surface area (TPSA) is 184 Å². The van der Waals surface area contributed by atoms with E-state index in [1.54, 1.807) is 34.6 Å². The molecule has 50 heavy (non-hydrogen) atoms. The number of hydrogen-bond donors (Lipinski definition) is 6. The first-order valence-corrected chi connectivity index (χ1v) is 19.6. The Morgan fingerprint density at radius 2 is 1.50 bits per heavy atom. The highest BCUT2D eigenvalue weighted by Crippen LogP contribution is 2.24. The molecule has 0 bridgehead atoms. The van der Waals surface area contributed by atoms with Crippen LogP contribution in [0.1, 0.15) is 101 Å². The summed E-state index contributed by atoms with van der Waals surface area (Å²) < 4.78 is 10.9. The zero-order valence-corrected chi connectivity index (χ0v) is 33.2. The fourth-order valence-corrected chi connectivity index (χ4v) is 6.41. The summed E-state index contributed by atoms with van der Waals surface area (Å²) in [5.74, 6) is -1.81. The van der Waals surface area contributed by atoms with Crippen molar-refractivity contribution in [1.82, 2.24) is 26.6 Å². The maximum Gasteiger partial charge on any atom is 0.408 e. The Hall–Kier alpha value is -2.58. The van der Waals surface area contributed by atoms with Gasteiger partial charge in [0.15, 0.2) is 0 Å². The number of carbonyl (C=O) groups excluding carboxylic acids is 5. The van der Waals surface area contributed by atoms with Crippen molar-refractivity contribution >= 4 is 41.5 Å². The van der Waals surface area contributed by atoms with Crippen molar-refractivity contribution in [2.75, 3.05) is 31.8 Å². The van der Waals surface area contributed by atoms with E-state index in [0.717, 1.165) is 0 Å². The molecule has 1 saturated heterocycles. The van der Waals surface area contributed by atoms with E-state index in [-0.39, 0.29) is 41.9 Å². The molecule has 0 aromatic heterocycles. The second-order valence-electron chi connectivity index (χ2n) is 15.6. The van der Waals surface area contributed by atoms with Crippen LogP contribution in [0.5, 0.6) is 0 Å². The van der Waals surface area contributed by atoms with Crippen molar-refractivity contribution in [1.29, 1.82) is 0 Å². The van der Waals surface area contributed by atoms with Crippen molar-refractivity contribution in [2.45, 2.75) is 137 Å². The van der Waals surface area contributed by atoms with Gasteiger partial charge in [-0.3, -0.25) is 19.2 Å². The van der Waals surface area contributed by atoms with Gasteiger partial charge in [0, 0.05) is 25.0 Å². The first-order chi connectivity index (χ1) is 23.3. The molecule has 290 valence electrons. The smallest absolute Gasteiger partial charge is 0.408 e. The minimum absolute atomic E-state index is 0.0715. The number of aliphatic hydroxyl groups excluding tert-OH is 1. The fraction of sp³-hybridized carbons (Fsp3) is 0.861. The monoisotopic (exact) mass is 729 g/mol. The van der Waals surface area contributed by atoms with Gasteiger partial charge in [0.05, 0.1) is 18.8 Å². The summed E-state index contributed by atoms with van der Waals surface area (Å²) >= 11 is 1.53. The maximum absolute atomic E-state index is 13.8. The number of likely N-dealkylation sites (N-methyl/N-ethyl adjacent to an activating group) is 1. The molecule has 1 heterocycles. The Bertz CT molecular complexity index is 1080. The number of thioether (sulfide) groups is 1. The summed E-state index contributed by atoms with van der Waals surface area (Å²) in [5, 5.41) is 25.8. The van der Waals surface area contributed by atoms with Crippen LogP contribution in [-0.4, -0.2) is 102 Å². The summed E-state index contributed by atoms with van der Waals surface area (Å²) in [4.78, 5) is 66.5. The second-order valence-corrected chi connectivity index (χ2v) is 16.6. The molecule has 0 aromatic rings. The molecule has 14 heteroatoms. The molecule has 13 nitrogen and oxygen atoms in total. The lowest BCUT2D eigenvalue weighted by molar-refractivity contribution is -0.134. The molecule has 5 amide bonds. The molecule has 0 aliphatic carbocycles. The Labute approximate surface area is 304 Å². The molecular formula is C36H67N5O8S. The van der Waals surface area contributed by atoms with E-state index in [4.69, 9.17) is 9.47 Å². The average molecular weight is 730 g/mol. The summed E-state index contributed by atoms with van der Waals surface area (Å²) in [6.45, 7) is 19.9. The van der Waals surface area contributed by atoms with E-state index in [1.165, 1.54) is 11.8 Å². The van der Waals surface area contributed by atoms with Gasteiger partial charge in [-0.1, -0.05) is 41.5 Å². The van der Waals surface area contributed by atoms with E-state index in [0.29, 0.717) is 51.2 Å². The minimum atomic E-state index is -1.08. The molecule has 1 rings (SSSR count). The van der Waals surface area contributed by atoms with Crippen LogP contribution in [0.4, 0.5) is 4.79 Å². The quantitative estimate of drug-likeness (QED) is 0.103. The van der Waals surface area contributed by atoms with Crippen molar-refractivity contribution in [3.63, 3.8) is 0 Å². The highest BCUT2D eigenvalue weighted by atomic mass is 32.2. The molecule has 0 radical (unpaired) electrons. The molecule has 1 aliphatic rings. The van der Waals surface area contributed by atoms with Gasteiger partial charge < -0.3 is 41.2 Å². The standard InChI is InChI=1S/C36H67N5O8S/c1-12-37-33(45)30(24-13-15-48-20-24)40-31(43)25(17-21(2)3)19-28(42)27(18-22(4)5)39-32(44)26(14-16-50-11)38-34(46)29(23(6)7)41-35(47)49-36(8,9)10/h21-30,42H,12-20H2,1-11H3,(H,37,45)(H,38,46)(H,39,44)(H,40,43)(H,41,47)/t24?,25-,26+,27+,28+,29+,30+/m1/s1. The van der Waals surface area contributed by atoms with E-state index in [1.807, 2.05) is 40.9 Å². The van der Waals surface area contributed by atoms with Crippen LogP contribution in [-0.2, 0) is 28.7 Å². The first kappa shape index (κ1) is 45.4. The molecule has 1 unspecified atom stereocenters. The average Bonchev–Trinajstić information content (AvgIpc) is 3.53. The van der Waals surface area contributed by atoms with Crippen LogP contribution in [0.3, 0.4) is 0 Å². The van der Waals surface area contributed by atoms with Gasteiger partial charge in [0.2, 0.25) is 23.6 Å². The zero-order valence-electron chi connectivity index (χ0n) is 32.4. The van der Waals surface area contributed by atoms with Crippen LogP contribution in [0.15, 0.2) is 0 Å². The number of aliphatic hydroxyl groups is 1. The summed E-state index contributed by atoms with van der Waals surface area (Å²) in [6, 6.07) is -3.33. The number of ether oxygens (including phenoxy) is 2. The Kier molecular flexibility index (Phi) is 20.3. The van der Waals surface area contributed by atoms with Gasteiger partial charge >= 0.3 is 6.09 Å². The van der Waals surface area contributed by atoms with E-state index in [2.05, 4.69) is 26.6 Å².